The lowest BCUT2D eigenvalue weighted by atomic mass is 9.97. The van der Waals surface area contributed by atoms with Crippen molar-refractivity contribution >= 4 is 5.94 Å². The van der Waals surface area contributed by atoms with Crippen molar-refractivity contribution in [3.05, 3.63) is 29.5 Å². The van der Waals surface area contributed by atoms with Crippen LogP contribution in [0.3, 0.4) is 0 Å². The van der Waals surface area contributed by atoms with Gasteiger partial charge in [-0.15, -0.1) is 0 Å². The van der Waals surface area contributed by atoms with Gasteiger partial charge in [0.15, 0.2) is 5.94 Å². The molecule has 1 aromatic carbocycles. The van der Waals surface area contributed by atoms with E-state index in [-0.39, 0.29) is 6.04 Å². The summed E-state index contributed by atoms with van der Waals surface area (Å²) in [5.74, 6) is 3.87. The van der Waals surface area contributed by atoms with E-state index in [1.807, 2.05) is 24.1 Å². The quantitative estimate of drug-likeness (QED) is 0.781. The molecular weight excluding hydrogens is 266 g/mol. The molecule has 21 heavy (non-hydrogen) atoms. The topological polar surface area (TPSA) is 38.8 Å². The molecule has 4 nitrogen and oxygen atoms in total. The van der Waals surface area contributed by atoms with E-state index in [1.165, 1.54) is 0 Å². The van der Waals surface area contributed by atoms with Crippen LogP contribution in [0.1, 0.15) is 32.8 Å². The number of hydrogen-bond acceptors (Lipinski definition) is 4. The molecule has 0 amide bonds. The molecule has 1 aliphatic heterocycles. The molecule has 0 saturated heterocycles. The fourth-order valence-electron chi connectivity index (χ4n) is 2.89. The average molecular weight is 289 g/mol. The van der Waals surface area contributed by atoms with Crippen molar-refractivity contribution in [2.24, 2.45) is 0 Å². The van der Waals surface area contributed by atoms with Gasteiger partial charge in [0.05, 0.1) is 13.2 Å². The van der Waals surface area contributed by atoms with Gasteiger partial charge in [-0.1, -0.05) is 13.0 Å². The summed E-state index contributed by atoms with van der Waals surface area (Å²) in [5.41, 5.74) is 1.02. The fraction of sp³-hybridized carbons (Fsp3) is 0.529. The third kappa shape index (κ3) is 3.12. The van der Waals surface area contributed by atoms with Gasteiger partial charge in [-0.05, 0) is 38.9 Å². The summed E-state index contributed by atoms with van der Waals surface area (Å²) in [6.07, 6.45) is 1.74. The molecule has 4 heteroatoms. The van der Waals surface area contributed by atoms with Gasteiger partial charge in [0.1, 0.15) is 11.5 Å². The van der Waals surface area contributed by atoms with E-state index in [0.717, 1.165) is 24.3 Å². The molecule has 1 aliphatic rings. The van der Waals surface area contributed by atoms with Crippen LogP contribution in [0, 0.1) is 0 Å². The minimum atomic E-state index is -0.0775. The smallest absolute Gasteiger partial charge is 0.204 e. The Balaban J connectivity index is 2.41. The maximum absolute atomic E-state index is 11.3. The monoisotopic (exact) mass is 289 g/mol. The molecule has 0 N–H and O–H groups in total. The normalized spacial score (nSPS) is 17.4. The first-order valence-electron chi connectivity index (χ1n) is 7.46. The van der Waals surface area contributed by atoms with Crippen molar-refractivity contribution < 1.29 is 14.3 Å². The second kappa shape index (κ2) is 6.79. The highest BCUT2D eigenvalue weighted by molar-refractivity contribution is 5.58. The molecule has 1 atom stereocenters. The number of ether oxygens (including phenoxy) is 2. The largest absolute Gasteiger partial charge is 0.496 e. The number of carbonyl (C=O) groups excluding carboxylic acids is 1. The first-order chi connectivity index (χ1) is 10.1. The maximum atomic E-state index is 11.3. The molecule has 0 unspecified atom stereocenters. The fourth-order valence-corrected chi connectivity index (χ4v) is 2.89. The van der Waals surface area contributed by atoms with Crippen molar-refractivity contribution in [3.63, 3.8) is 0 Å². The molecule has 114 valence electrons. The predicted molar refractivity (Wildman–Crippen MR) is 82.5 cm³/mol. The van der Waals surface area contributed by atoms with Gasteiger partial charge in [-0.25, -0.2) is 4.79 Å². The van der Waals surface area contributed by atoms with Crippen molar-refractivity contribution in [2.45, 2.75) is 45.7 Å². The molecular formula is C17H23NO3. The zero-order chi connectivity index (χ0) is 15.4. The minimum absolute atomic E-state index is 0.0775. The second-order valence-electron chi connectivity index (χ2n) is 5.56. The van der Waals surface area contributed by atoms with Gasteiger partial charge in [0.25, 0.3) is 0 Å². The van der Waals surface area contributed by atoms with Crippen molar-refractivity contribution in [1.29, 1.82) is 0 Å². The molecule has 0 aromatic heterocycles. The number of fused-ring (bicyclic) bond motifs is 1. The zero-order valence-corrected chi connectivity index (χ0v) is 13.2. The SMILES string of the molecule is CCCN(C(C)C)[C@@H]1Cc2c(OC)cccc2OC1=C=O. The van der Waals surface area contributed by atoms with Crippen LogP contribution in [0.4, 0.5) is 0 Å². The highest BCUT2D eigenvalue weighted by Crippen LogP contribution is 2.37. The van der Waals surface area contributed by atoms with Crippen LogP contribution >= 0.6 is 0 Å². The number of nitrogens with zero attached hydrogens (tertiary/aromatic N) is 1. The molecule has 0 radical (unpaired) electrons. The Kier molecular flexibility index (Phi) is 5.05. The maximum Gasteiger partial charge on any atom is 0.204 e. The molecule has 0 bridgehead atoms. The third-order valence-electron chi connectivity index (χ3n) is 3.88. The lowest BCUT2D eigenvalue weighted by molar-refractivity contribution is 0.134. The summed E-state index contributed by atoms with van der Waals surface area (Å²) in [5, 5.41) is 0. The first-order valence-corrected chi connectivity index (χ1v) is 7.46. The summed E-state index contributed by atoms with van der Waals surface area (Å²) < 4.78 is 11.2. The summed E-state index contributed by atoms with van der Waals surface area (Å²) in [7, 11) is 1.65. The van der Waals surface area contributed by atoms with Crippen LogP contribution in [-0.4, -0.2) is 36.6 Å². The molecule has 0 aliphatic carbocycles. The Hall–Kier alpha value is -1.77. The van der Waals surface area contributed by atoms with Gasteiger partial charge in [0, 0.05) is 18.0 Å². The Morgan fingerprint density at radius 2 is 2.24 bits per heavy atom. The summed E-state index contributed by atoms with van der Waals surface area (Å²) in [6, 6.07) is 5.91. The Bertz CT molecular complexity index is 547. The van der Waals surface area contributed by atoms with E-state index in [4.69, 9.17) is 9.47 Å². The highest BCUT2D eigenvalue weighted by Gasteiger charge is 2.33. The number of rotatable bonds is 5. The Morgan fingerprint density at radius 3 is 2.81 bits per heavy atom. The average Bonchev–Trinajstić information content (AvgIpc) is 2.50. The van der Waals surface area contributed by atoms with Crippen LogP contribution in [0.5, 0.6) is 11.5 Å². The predicted octanol–water partition coefficient (Wildman–Crippen LogP) is 2.83. The summed E-state index contributed by atoms with van der Waals surface area (Å²) in [4.78, 5) is 13.6. The van der Waals surface area contributed by atoms with E-state index in [1.54, 1.807) is 7.11 Å². The third-order valence-corrected chi connectivity index (χ3v) is 3.88. The van der Waals surface area contributed by atoms with Crippen molar-refractivity contribution in [2.75, 3.05) is 13.7 Å². The van der Waals surface area contributed by atoms with Gasteiger partial charge in [-0.3, -0.25) is 4.90 Å². The van der Waals surface area contributed by atoms with Crippen LogP contribution in [-0.2, 0) is 11.2 Å². The van der Waals surface area contributed by atoms with E-state index < -0.39 is 0 Å². The minimum Gasteiger partial charge on any atom is -0.496 e. The lowest BCUT2D eigenvalue weighted by Crippen LogP contribution is -2.46. The van der Waals surface area contributed by atoms with Crippen molar-refractivity contribution in [1.82, 2.24) is 4.90 Å². The molecule has 0 saturated carbocycles. The molecule has 2 rings (SSSR count). The van der Waals surface area contributed by atoms with E-state index in [9.17, 15) is 4.79 Å². The van der Waals surface area contributed by atoms with Gasteiger partial charge < -0.3 is 9.47 Å². The van der Waals surface area contributed by atoms with Gasteiger partial charge >= 0.3 is 0 Å². The standard InChI is InChI=1S/C17H23NO3/c1-5-9-18(12(2)3)14-10-13-15(20-4)7-6-8-16(13)21-17(14)11-19/h6-8,12,14H,5,9-10H2,1-4H3/t14-/m1/s1. The molecule has 0 fully saturated rings. The number of hydrogen-bond donors (Lipinski definition) is 0. The van der Waals surface area contributed by atoms with Crippen LogP contribution in [0.25, 0.3) is 0 Å². The summed E-state index contributed by atoms with van der Waals surface area (Å²) >= 11 is 0. The number of benzene rings is 1. The van der Waals surface area contributed by atoms with E-state index in [2.05, 4.69) is 25.7 Å². The van der Waals surface area contributed by atoms with Gasteiger partial charge in [0.2, 0.25) is 5.76 Å². The van der Waals surface area contributed by atoms with Crippen LogP contribution in [0.2, 0.25) is 0 Å². The Morgan fingerprint density at radius 1 is 1.48 bits per heavy atom. The molecule has 0 spiro atoms. The van der Waals surface area contributed by atoms with Crippen LogP contribution in [0.15, 0.2) is 24.0 Å². The summed E-state index contributed by atoms with van der Waals surface area (Å²) in [6.45, 7) is 7.32. The van der Waals surface area contributed by atoms with Gasteiger partial charge in [-0.2, -0.15) is 0 Å². The second-order valence-corrected chi connectivity index (χ2v) is 5.56. The highest BCUT2D eigenvalue weighted by atomic mass is 16.5. The number of methoxy groups -OCH3 is 1. The Labute approximate surface area is 126 Å². The molecule has 1 heterocycles. The lowest BCUT2D eigenvalue weighted by Gasteiger charge is -2.37. The van der Waals surface area contributed by atoms with E-state index in [0.29, 0.717) is 24.0 Å². The first kappa shape index (κ1) is 15.6. The zero-order valence-electron chi connectivity index (χ0n) is 13.2. The van der Waals surface area contributed by atoms with Crippen molar-refractivity contribution in [3.8, 4) is 11.5 Å². The van der Waals surface area contributed by atoms with E-state index >= 15 is 0 Å². The van der Waals surface area contributed by atoms with Crippen LogP contribution < -0.4 is 9.47 Å². The molecule has 1 aromatic rings.